The molecular weight excluding hydrogens is 268 g/mol. The number of halogens is 1. The van der Waals surface area contributed by atoms with Gasteiger partial charge in [-0.3, -0.25) is 4.79 Å². The maximum absolute atomic E-state index is 11.9. The topological polar surface area (TPSA) is 55.1 Å². The molecule has 0 unspecified atom stereocenters. The zero-order chi connectivity index (χ0) is 12.3. The highest BCUT2D eigenvalue weighted by molar-refractivity contribution is 9.10. The quantitative estimate of drug-likeness (QED) is 0.897. The predicted octanol–water partition coefficient (Wildman–Crippen LogP) is 2.68. The van der Waals surface area contributed by atoms with Gasteiger partial charge in [0.15, 0.2) is 0 Å². The van der Waals surface area contributed by atoms with Crippen LogP contribution in [0.3, 0.4) is 0 Å². The fourth-order valence-corrected chi connectivity index (χ4v) is 1.81. The summed E-state index contributed by atoms with van der Waals surface area (Å²) in [4.78, 5) is 11.9. The van der Waals surface area contributed by atoms with E-state index in [2.05, 4.69) is 21.2 Å². The molecule has 4 heteroatoms. The highest BCUT2D eigenvalue weighted by Gasteiger charge is 2.25. The molecule has 1 aromatic rings. The van der Waals surface area contributed by atoms with Crippen LogP contribution < -0.4 is 11.1 Å². The number of hydrogen-bond donors (Lipinski definition) is 2. The van der Waals surface area contributed by atoms with Crippen LogP contribution in [0.5, 0.6) is 0 Å². The maximum Gasteiger partial charge on any atom is 0.231 e. The zero-order valence-corrected chi connectivity index (χ0v) is 11.4. The van der Waals surface area contributed by atoms with E-state index >= 15 is 0 Å². The van der Waals surface area contributed by atoms with Crippen molar-refractivity contribution in [1.29, 1.82) is 0 Å². The number of carbonyl (C=O) groups is 1. The number of rotatable bonds is 3. The van der Waals surface area contributed by atoms with E-state index in [1.54, 1.807) is 0 Å². The van der Waals surface area contributed by atoms with E-state index in [1.165, 1.54) is 0 Å². The molecule has 0 aliphatic rings. The van der Waals surface area contributed by atoms with Crippen LogP contribution in [0.2, 0.25) is 0 Å². The Hall–Kier alpha value is -0.870. The van der Waals surface area contributed by atoms with Gasteiger partial charge in [-0.15, -0.1) is 0 Å². The summed E-state index contributed by atoms with van der Waals surface area (Å²) in [5.41, 5.74) is 6.89. The van der Waals surface area contributed by atoms with Crippen molar-refractivity contribution in [3.05, 3.63) is 28.2 Å². The largest absolute Gasteiger partial charge is 0.329 e. The van der Waals surface area contributed by atoms with Gasteiger partial charge >= 0.3 is 0 Å². The number of aryl methyl sites for hydroxylation is 1. The fourth-order valence-electron chi connectivity index (χ4n) is 1.20. The Morgan fingerprint density at radius 2 is 2.06 bits per heavy atom. The van der Waals surface area contributed by atoms with E-state index in [4.69, 9.17) is 5.73 Å². The Bertz CT molecular complexity index is 382. The minimum atomic E-state index is -0.545. The van der Waals surface area contributed by atoms with Crippen LogP contribution in [-0.4, -0.2) is 12.5 Å². The van der Waals surface area contributed by atoms with E-state index in [9.17, 15) is 4.79 Å². The maximum atomic E-state index is 11.9. The first-order chi connectivity index (χ1) is 7.35. The molecule has 0 aromatic heterocycles. The lowest BCUT2D eigenvalue weighted by atomic mass is 9.92. The molecule has 3 N–H and O–H groups in total. The van der Waals surface area contributed by atoms with Crippen LogP contribution in [0.1, 0.15) is 19.4 Å². The van der Waals surface area contributed by atoms with Crippen LogP contribution in [0.15, 0.2) is 22.7 Å². The van der Waals surface area contributed by atoms with Gasteiger partial charge in [-0.1, -0.05) is 15.9 Å². The van der Waals surface area contributed by atoms with Crippen molar-refractivity contribution in [1.82, 2.24) is 0 Å². The number of amides is 1. The predicted molar refractivity (Wildman–Crippen MR) is 70.3 cm³/mol. The summed E-state index contributed by atoms with van der Waals surface area (Å²) in [6.45, 7) is 5.96. The van der Waals surface area contributed by atoms with Gasteiger partial charge in [0.1, 0.15) is 0 Å². The highest BCUT2D eigenvalue weighted by atomic mass is 79.9. The first-order valence-electron chi connectivity index (χ1n) is 5.14. The Morgan fingerprint density at radius 1 is 1.44 bits per heavy atom. The molecule has 0 saturated heterocycles. The molecule has 0 bridgehead atoms. The number of carbonyl (C=O) groups excluding carboxylic acids is 1. The van der Waals surface area contributed by atoms with E-state index in [0.29, 0.717) is 6.54 Å². The minimum Gasteiger partial charge on any atom is -0.329 e. The highest BCUT2D eigenvalue weighted by Crippen LogP contribution is 2.21. The lowest BCUT2D eigenvalue weighted by Gasteiger charge is -2.21. The second-order valence-electron chi connectivity index (χ2n) is 4.56. The molecular formula is C12H17BrN2O. The van der Waals surface area contributed by atoms with Crippen LogP contribution in [0.4, 0.5) is 5.69 Å². The van der Waals surface area contributed by atoms with Crippen molar-refractivity contribution in [2.75, 3.05) is 11.9 Å². The lowest BCUT2D eigenvalue weighted by molar-refractivity contribution is -0.123. The van der Waals surface area contributed by atoms with Crippen molar-refractivity contribution in [2.45, 2.75) is 20.8 Å². The molecule has 0 aliphatic heterocycles. The minimum absolute atomic E-state index is 0.0625. The van der Waals surface area contributed by atoms with Gasteiger partial charge in [-0.25, -0.2) is 0 Å². The van der Waals surface area contributed by atoms with E-state index in [-0.39, 0.29) is 5.91 Å². The molecule has 0 heterocycles. The van der Waals surface area contributed by atoms with Gasteiger partial charge in [-0.2, -0.15) is 0 Å². The summed E-state index contributed by atoms with van der Waals surface area (Å²) in [6, 6.07) is 5.79. The number of benzene rings is 1. The van der Waals surface area contributed by atoms with Crippen molar-refractivity contribution in [3.8, 4) is 0 Å². The molecule has 1 aromatic carbocycles. The summed E-state index contributed by atoms with van der Waals surface area (Å²) >= 11 is 3.39. The summed E-state index contributed by atoms with van der Waals surface area (Å²) in [7, 11) is 0. The molecule has 16 heavy (non-hydrogen) atoms. The van der Waals surface area contributed by atoms with Crippen LogP contribution in [0.25, 0.3) is 0 Å². The van der Waals surface area contributed by atoms with Gasteiger partial charge in [-0.05, 0) is 44.5 Å². The van der Waals surface area contributed by atoms with Gasteiger partial charge in [0.2, 0.25) is 5.91 Å². The number of nitrogens with two attached hydrogens (primary N) is 1. The third-order valence-electron chi connectivity index (χ3n) is 2.42. The molecule has 0 aliphatic carbocycles. The van der Waals surface area contributed by atoms with Crippen LogP contribution in [0, 0.1) is 12.3 Å². The summed E-state index contributed by atoms with van der Waals surface area (Å²) in [5, 5.41) is 2.87. The second-order valence-corrected chi connectivity index (χ2v) is 5.48. The van der Waals surface area contributed by atoms with Gasteiger partial charge < -0.3 is 11.1 Å². The molecule has 88 valence electrons. The third kappa shape index (κ3) is 3.32. The van der Waals surface area contributed by atoms with Crippen molar-refractivity contribution < 1.29 is 4.79 Å². The Balaban J connectivity index is 2.85. The molecule has 0 spiro atoms. The summed E-state index contributed by atoms with van der Waals surface area (Å²) in [5.74, 6) is -0.0625. The van der Waals surface area contributed by atoms with Crippen molar-refractivity contribution >= 4 is 27.5 Å². The van der Waals surface area contributed by atoms with Crippen molar-refractivity contribution in [2.24, 2.45) is 11.1 Å². The summed E-state index contributed by atoms with van der Waals surface area (Å²) in [6.07, 6.45) is 0. The van der Waals surface area contributed by atoms with E-state index in [1.807, 2.05) is 39.0 Å². The van der Waals surface area contributed by atoms with E-state index < -0.39 is 5.41 Å². The first kappa shape index (κ1) is 13.2. The Labute approximate surface area is 105 Å². The second kappa shape index (κ2) is 4.97. The average molecular weight is 285 g/mol. The SMILES string of the molecule is Cc1cc(Br)cc(NC(=O)C(C)(C)CN)c1. The smallest absolute Gasteiger partial charge is 0.231 e. The molecule has 1 amide bonds. The normalized spacial score (nSPS) is 11.3. The molecule has 0 radical (unpaired) electrons. The molecule has 0 atom stereocenters. The number of anilines is 1. The Kier molecular flexibility index (Phi) is 4.10. The fraction of sp³-hybridized carbons (Fsp3) is 0.417. The standard InChI is InChI=1S/C12H17BrN2O/c1-8-4-9(13)6-10(5-8)15-11(16)12(2,3)7-14/h4-6H,7,14H2,1-3H3,(H,15,16). The van der Waals surface area contributed by atoms with Gasteiger partial charge in [0.25, 0.3) is 0 Å². The third-order valence-corrected chi connectivity index (χ3v) is 2.88. The average Bonchev–Trinajstić information content (AvgIpc) is 2.15. The Morgan fingerprint density at radius 3 is 2.56 bits per heavy atom. The van der Waals surface area contributed by atoms with Gasteiger partial charge in [0.05, 0.1) is 5.41 Å². The monoisotopic (exact) mass is 284 g/mol. The first-order valence-corrected chi connectivity index (χ1v) is 5.93. The molecule has 0 saturated carbocycles. The van der Waals surface area contributed by atoms with Gasteiger partial charge in [0, 0.05) is 16.7 Å². The summed E-state index contributed by atoms with van der Waals surface area (Å²) < 4.78 is 0.952. The van der Waals surface area contributed by atoms with Crippen molar-refractivity contribution in [3.63, 3.8) is 0 Å². The lowest BCUT2D eigenvalue weighted by Crippen LogP contribution is -2.37. The number of hydrogen-bond acceptors (Lipinski definition) is 2. The molecule has 1 rings (SSSR count). The molecule has 0 fully saturated rings. The number of nitrogens with one attached hydrogen (secondary N) is 1. The van der Waals surface area contributed by atoms with Crippen LogP contribution >= 0.6 is 15.9 Å². The van der Waals surface area contributed by atoms with Crippen LogP contribution in [-0.2, 0) is 4.79 Å². The molecule has 3 nitrogen and oxygen atoms in total. The van der Waals surface area contributed by atoms with E-state index in [0.717, 1.165) is 15.7 Å². The zero-order valence-electron chi connectivity index (χ0n) is 9.80.